The van der Waals surface area contributed by atoms with Crippen LogP contribution in [0.5, 0.6) is 5.88 Å². The van der Waals surface area contributed by atoms with Gasteiger partial charge in [0.05, 0.1) is 11.0 Å². The van der Waals surface area contributed by atoms with E-state index < -0.39 is 4.92 Å². The Morgan fingerprint density at radius 3 is 3.19 bits per heavy atom. The standard InChI is InChI=1S/C10H13N3O3/c14-13(15)8-3-5-12-10(6-8)16-9-2-1-4-11-7-9/h3,5-6,9,11H,1-2,4,7H2/t9-/m0/s1. The van der Waals surface area contributed by atoms with E-state index in [4.69, 9.17) is 4.74 Å². The van der Waals surface area contributed by atoms with Crippen LogP contribution in [0.2, 0.25) is 0 Å². The van der Waals surface area contributed by atoms with Gasteiger partial charge in [-0.2, -0.15) is 0 Å². The maximum atomic E-state index is 10.6. The van der Waals surface area contributed by atoms with Crippen LogP contribution in [0, 0.1) is 10.1 Å². The van der Waals surface area contributed by atoms with Gasteiger partial charge >= 0.3 is 0 Å². The maximum absolute atomic E-state index is 10.6. The number of nitrogens with one attached hydrogen (secondary N) is 1. The first-order valence-corrected chi connectivity index (χ1v) is 5.23. The number of pyridine rings is 1. The van der Waals surface area contributed by atoms with Crippen molar-refractivity contribution in [2.45, 2.75) is 18.9 Å². The van der Waals surface area contributed by atoms with Gasteiger partial charge in [-0.3, -0.25) is 10.1 Å². The fourth-order valence-electron chi connectivity index (χ4n) is 1.67. The largest absolute Gasteiger partial charge is 0.473 e. The van der Waals surface area contributed by atoms with Crippen molar-refractivity contribution < 1.29 is 9.66 Å². The fourth-order valence-corrected chi connectivity index (χ4v) is 1.67. The van der Waals surface area contributed by atoms with Crippen molar-refractivity contribution >= 4 is 5.69 Å². The molecule has 6 nitrogen and oxygen atoms in total. The van der Waals surface area contributed by atoms with Crippen molar-refractivity contribution in [1.29, 1.82) is 0 Å². The monoisotopic (exact) mass is 223 g/mol. The summed E-state index contributed by atoms with van der Waals surface area (Å²) in [5.41, 5.74) is 0.00812. The third-order valence-corrected chi connectivity index (χ3v) is 2.47. The third-order valence-electron chi connectivity index (χ3n) is 2.47. The molecular formula is C10H13N3O3. The van der Waals surface area contributed by atoms with Crippen molar-refractivity contribution in [3.8, 4) is 5.88 Å². The van der Waals surface area contributed by atoms with Crippen LogP contribution in [0.1, 0.15) is 12.8 Å². The highest BCUT2D eigenvalue weighted by Crippen LogP contribution is 2.18. The van der Waals surface area contributed by atoms with Crippen LogP contribution >= 0.6 is 0 Å². The van der Waals surface area contributed by atoms with Crippen LogP contribution in [0.4, 0.5) is 5.69 Å². The van der Waals surface area contributed by atoms with E-state index in [9.17, 15) is 10.1 Å². The van der Waals surface area contributed by atoms with Gasteiger partial charge in [-0.05, 0) is 19.4 Å². The zero-order chi connectivity index (χ0) is 11.4. The molecule has 16 heavy (non-hydrogen) atoms. The molecule has 0 amide bonds. The first-order chi connectivity index (χ1) is 7.75. The molecule has 0 radical (unpaired) electrons. The minimum Gasteiger partial charge on any atom is -0.473 e. The molecule has 1 aliphatic heterocycles. The molecular weight excluding hydrogens is 210 g/mol. The van der Waals surface area contributed by atoms with E-state index in [1.165, 1.54) is 18.3 Å². The highest BCUT2D eigenvalue weighted by molar-refractivity contribution is 5.32. The number of hydrogen-bond donors (Lipinski definition) is 1. The van der Waals surface area contributed by atoms with E-state index in [-0.39, 0.29) is 11.8 Å². The summed E-state index contributed by atoms with van der Waals surface area (Å²) >= 11 is 0. The van der Waals surface area contributed by atoms with Crippen LogP contribution in [0.15, 0.2) is 18.3 Å². The second-order valence-corrected chi connectivity index (χ2v) is 3.70. The van der Waals surface area contributed by atoms with Crippen LogP contribution in [-0.4, -0.2) is 29.1 Å². The first kappa shape index (κ1) is 10.8. The highest BCUT2D eigenvalue weighted by Gasteiger charge is 2.16. The summed E-state index contributed by atoms with van der Waals surface area (Å²) in [5, 5.41) is 13.8. The molecule has 6 heteroatoms. The SMILES string of the molecule is O=[N+]([O-])c1ccnc(O[C@H]2CCCNC2)c1. The second kappa shape index (κ2) is 4.89. The molecule has 1 atom stereocenters. The third kappa shape index (κ3) is 2.66. The van der Waals surface area contributed by atoms with Crippen molar-refractivity contribution in [2.24, 2.45) is 0 Å². The molecule has 1 aromatic heterocycles. The minimum absolute atomic E-state index is 0.00812. The van der Waals surface area contributed by atoms with Gasteiger partial charge in [0.2, 0.25) is 5.88 Å². The Morgan fingerprint density at radius 1 is 1.62 bits per heavy atom. The Balaban J connectivity index is 2.02. The van der Waals surface area contributed by atoms with E-state index in [0.29, 0.717) is 5.88 Å². The van der Waals surface area contributed by atoms with E-state index >= 15 is 0 Å². The average Bonchev–Trinajstić information content (AvgIpc) is 2.30. The van der Waals surface area contributed by atoms with Crippen LogP contribution in [-0.2, 0) is 0 Å². The molecule has 2 rings (SSSR count). The quantitative estimate of drug-likeness (QED) is 0.613. The number of nitro groups is 1. The topological polar surface area (TPSA) is 77.3 Å². The van der Waals surface area contributed by atoms with E-state index in [1.807, 2.05) is 0 Å². The Morgan fingerprint density at radius 2 is 2.50 bits per heavy atom. The maximum Gasteiger partial charge on any atom is 0.276 e. The summed E-state index contributed by atoms with van der Waals surface area (Å²) in [7, 11) is 0. The van der Waals surface area contributed by atoms with E-state index in [2.05, 4.69) is 10.3 Å². The number of ether oxygens (including phenoxy) is 1. The zero-order valence-corrected chi connectivity index (χ0v) is 8.76. The summed E-state index contributed by atoms with van der Waals surface area (Å²) in [6, 6.07) is 2.71. The van der Waals surface area contributed by atoms with Gasteiger partial charge < -0.3 is 10.1 Å². The molecule has 1 aliphatic rings. The Kier molecular flexibility index (Phi) is 3.31. The van der Waals surface area contributed by atoms with Crippen LogP contribution < -0.4 is 10.1 Å². The van der Waals surface area contributed by atoms with E-state index in [1.54, 1.807) is 0 Å². The average molecular weight is 223 g/mol. The van der Waals surface area contributed by atoms with Crippen LogP contribution in [0.3, 0.4) is 0 Å². The molecule has 0 bridgehead atoms. The lowest BCUT2D eigenvalue weighted by Gasteiger charge is -2.23. The van der Waals surface area contributed by atoms with Gasteiger partial charge in [0.1, 0.15) is 6.10 Å². The molecule has 1 saturated heterocycles. The fraction of sp³-hybridized carbons (Fsp3) is 0.500. The van der Waals surface area contributed by atoms with Gasteiger partial charge in [0.15, 0.2) is 0 Å². The minimum atomic E-state index is -0.451. The van der Waals surface area contributed by atoms with Crippen molar-refractivity contribution in [3.05, 3.63) is 28.4 Å². The van der Waals surface area contributed by atoms with Gasteiger partial charge in [0.25, 0.3) is 5.69 Å². The lowest BCUT2D eigenvalue weighted by atomic mass is 10.1. The summed E-state index contributed by atoms with van der Waals surface area (Å²) < 4.78 is 5.57. The highest BCUT2D eigenvalue weighted by atomic mass is 16.6. The van der Waals surface area contributed by atoms with Gasteiger partial charge in [0, 0.05) is 18.8 Å². The predicted molar refractivity (Wildman–Crippen MR) is 57.4 cm³/mol. The number of piperidine rings is 1. The second-order valence-electron chi connectivity index (χ2n) is 3.70. The first-order valence-electron chi connectivity index (χ1n) is 5.23. The van der Waals surface area contributed by atoms with Gasteiger partial charge in [-0.15, -0.1) is 0 Å². The molecule has 0 saturated carbocycles. The lowest BCUT2D eigenvalue weighted by Crippen LogP contribution is -2.37. The number of aromatic nitrogens is 1. The zero-order valence-electron chi connectivity index (χ0n) is 8.76. The molecule has 2 heterocycles. The van der Waals surface area contributed by atoms with Gasteiger partial charge in [-0.25, -0.2) is 4.98 Å². The number of nitrogens with zero attached hydrogens (tertiary/aromatic N) is 2. The Hall–Kier alpha value is -1.69. The van der Waals surface area contributed by atoms with Crippen LogP contribution in [0.25, 0.3) is 0 Å². The molecule has 86 valence electrons. The lowest BCUT2D eigenvalue weighted by molar-refractivity contribution is -0.385. The van der Waals surface area contributed by atoms with Crippen molar-refractivity contribution in [2.75, 3.05) is 13.1 Å². The normalized spacial score (nSPS) is 20.4. The van der Waals surface area contributed by atoms with Crippen molar-refractivity contribution in [3.63, 3.8) is 0 Å². The van der Waals surface area contributed by atoms with E-state index in [0.717, 1.165) is 25.9 Å². The summed E-state index contributed by atoms with van der Waals surface area (Å²) in [6.07, 6.45) is 3.46. The Labute approximate surface area is 92.8 Å². The number of hydrogen-bond acceptors (Lipinski definition) is 5. The smallest absolute Gasteiger partial charge is 0.276 e. The summed E-state index contributed by atoms with van der Waals surface area (Å²) in [5.74, 6) is 0.322. The predicted octanol–water partition coefficient (Wildman–Crippen LogP) is 1.12. The summed E-state index contributed by atoms with van der Waals surface area (Å²) in [6.45, 7) is 1.77. The Bertz CT molecular complexity index is 377. The molecule has 0 spiro atoms. The molecule has 0 aliphatic carbocycles. The molecule has 0 aromatic carbocycles. The number of rotatable bonds is 3. The summed E-state index contributed by atoms with van der Waals surface area (Å²) in [4.78, 5) is 14.1. The van der Waals surface area contributed by atoms with Gasteiger partial charge in [-0.1, -0.05) is 0 Å². The molecule has 1 N–H and O–H groups in total. The molecule has 0 unspecified atom stereocenters. The molecule has 1 fully saturated rings. The van der Waals surface area contributed by atoms with Crippen molar-refractivity contribution in [1.82, 2.24) is 10.3 Å². The molecule has 1 aromatic rings.